The molecule has 3 rings (SSSR count). The van der Waals surface area contributed by atoms with E-state index in [0.717, 1.165) is 0 Å². The first-order valence-electron chi connectivity index (χ1n) is 6.82. The van der Waals surface area contributed by atoms with Crippen LogP contribution in [0.25, 0.3) is 0 Å². The van der Waals surface area contributed by atoms with Crippen molar-refractivity contribution in [1.82, 2.24) is 5.43 Å². The fourth-order valence-electron chi connectivity index (χ4n) is 2.50. The Kier molecular flexibility index (Phi) is 3.83. The van der Waals surface area contributed by atoms with Crippen LogP contribution in [0.2, 0.25) is 0 Å². The van der Waals surface area contributed by atoms with Gasteiger partial charge in [0, 0.05) is 31.5 Å². The smallest absolute Gasteiger partial charge is 0.240 e. The van der Waals surface area contributed by atoms with Crippen LogP contribution in [0.5, 0.6) is 0 Å². The Hall–Kier alpha value is -2.02. The zero-order chi connectivity index (χ0) is 14.8. The topological polar surface area (TPSA) is 53.9 Å². The number of carbonyl (C=O) groups is 1. The van der Waals surface area contributed by atoms with Crippen LogP contribution in [-0.2, 0) is 9.53 Å². The van der Waals surface area contributed by atoms with Gasteiger partial charge in [-0.1, -0.05) is 0 Å². The lowest BCUT2D eigenvalue weighted by Crippen LogP contribution is -2.37. The highest BCUT2D eigenvalue weighted by molar-refractivity contribution is 6.04. The van der Waals surface area contributed by atoms with Crippen molar-refractivity contribution in [3.05, 3.63) is 29.3 Å². The van der Waals surface area contributed by atoms with Crippen LogP contribution in [0.15, 0.2) is 17.2 Å². The van der Waals surface area contributed by atoms with Gasteiger partial charge in [0.25, 0.3) is 0 Å². The van der Waals surface area contributed by atoms with E-state index < -0.39 is 11.6 Å². The average Bonchev–Trinajstić information content (AvgIpc) is 2.48. The summed E-state index contributed by atoms with van der Waals surface area (Å²) >= 11 is 0. The number of anilines is 1. The van der Waals surface area contributed by atoms with Gasteiger partial charge >= 0.3 is 0 Å². The van der Waals surface area contributed by atoms with E-state index in [2.05, 4.69) is 10.5 Å². The molecule has 0 aliphatic carbocycles. The number of amides is 1. The summed E-state index contributed by atoms with van der Waals surface area (Å²) in [5, 5.41) is 3.86. The van der Waals surface area contributed by atoms with Gasteiger partial charge in [-0.15, -0.1) is 0 Å². The molecule has 2 aliphatic rings. The van der Waals surface area contributed by atoms with Crippen LogP contribution < -0.4 is 10.3 Å². The fourth-order valence-corrected chi connectivity index (χ4v) is 2.50. The summed E-state index contributed by atoms with van der Waals surface area (Å²) in [7, 11) is 0. The first-order chi connectivity index (χ1) is 10.1. The van der Waals surface area contributed by atoms with Gasteiger partial charge in [0.1, 0.15) is 17.3 Å². The van der Waals surface area contributed by atoms with E-state index in [4.69, 9.17) is 4.74 Å². The maximum absolute atomic E-state index is 14.3. The molecule has 2 heterocycles. The minimum Gasteiger partial charge on any atom is -0.378 e. The van der Waals surface area contributed by atoms with Crippen molar-refractivity contribution in [3.8, 4) is 0 Å². The quantitative estimate of drug-likeness (QED) is 0.897. The lowest BCUT2D eigenvalue weighted by molar-refractivity contribution is -0.121. The Bertz CT molecular complexity index is 575. The molecule has 1 aromatic carbocycles. The molecule has 5 nitrogen and oxygen atoms in total. The van der Waals surface area contributed by atoms with Gasteiger partial charge in [-0.25, -0.2) is 14.2 Å². The third-order valence-electron chi connectivity index (χ3n) is 3.58. The number of hydrazone groups is 1. The van der Waals surface area contributed by atoms with Crippen LogP contribution in [0.1, 0.15) is 18.4 Å². The van der Waals surface area contributed by atoms with Crippen molar-refractivity contribution in [2.45, 2.75) is 12.8 Å². The van der Waals surface area contributed by atoms with E-state index in [1.54, 1.807) is 4.90 Å². The molecule has 0 unspecified atom stereocenters. The lowest BCUT2D eigenvalue weighted by atomic mass is 10.0. The minimum absolute atomic E-state index is 0.0255. The zero-order valence-electron chi connectivity index (χ0n) is 11.4. The Balaban J connectivity index is 1.90. The number of carbonyl (C=O) groups excluding carboxylic acids is 1. The molecule has 2 aliphatic heterocycles. The van der Waals surface area contributed by atoms with Gasteiger partial charge in [-0.05, 0) is 12.1 Å². The summed E-state index contributed by atoms with van der Waals surface area (Å²) in [6, 6.07) is 2.54. The molecule has 0 spiro atoms. The summed E-state index contributed by atoms with van der Waals surface area (Å²) < 4.78 is 33.7. The molecule has 1 amide bonds. The molecule has 7 heteroatoms. The van der Waals surface area contributed by atoms with Gasteiger partial charge in [0.05, 0.1) is 18.9 Å². The summed E-state index contributed by atoms with van der Waals surface area (Å²) in [5.74, 6) is -1.43. The van der Waals surface area contributed by atoms with Crippen LogP contribution in [0.4, 0.5) is 14.5 Å². The average molecular weight is 295 g/mol. The summed E-state index contributed by atoms with van der Waals surface area (Å²) in [5.41, 5.74) is 3.15. The Morgan fingerprint density at radius 1 is 1.14 bits per heavy atom. The number of hydrogen-bond donors (Lipinski definition) is 1. The summed E-state index contributed by atoms with van der Waals surface area (Å²) in [4.78, 5) is 12.7. The number of benzene rings is 1. The molecule has 21 heavy (non-hydrogen) atoms. The van der Waals surface area contributed by atoms with E-state index in [1.807, 2.05) is 0 Å². The molecule has 0 bridgehead atoms. The number of halogens is 2. The molecular formula is C14H15F2N3O2. The van der Waals surface area contributed by atoms with E-state index >= 15 is 0 Å². The highest BCUT2D eigenvalue weighted by atomic mass is 19.1. The second kappa shape index (κ2) is 5.77. The number of hydrogen-bond acceptors (Lipinski definition) is 4. The predicted octanol–water partition coefficient (Wildman–Crippen LogP) is 1.42. The number of nitrogens with zero attached hydrogens (tertiary/aromatic N) is 2. The normalized spacial score (nSPS) is 19.2. The molecule has 0 saturated carbocycles. The van der Waals surface area contributed by atoms with Gasteiger partial charge in [0.15, 0.2) is 0 Å². The van der Waals surface area contributed by atoms with Crippen LogP contribution in [-0.4, -0.2) is 37.9 Å². The Morgan fingerprint density at radius 2 is 1.81 bits per heavy atom. The molecule has 1 aromatic rings. The van der Waals surface area contributed by atoms with Gasteiger partial charge in [0.2, 0.25) is 5.91 Å². The highest BCUT2D eigenvalue weighted by Gasteiger charge is 2.22. The number of rotatable bonds is 2. The van der Waals surface area contributed by atoms with E-state index in [-0.39, 0.29) is 18.0 Å². The summed E-state index contributed by atoms with van der Waals surface area (Å²) in [6.45, 7) is 1.84. The first-order valence-corrected chi connectivity index (χ1v) is 6.82. The van der Waals surface area contributed by atoms with Crippen LogP contribution in [0.3, 0.4) is 0 Å². The van der Waals surface area contributed by atoms with Crippen molar-refractivity contribution in [2.24, 2.45) is 5.10 Å². The molecule has 0 radical (unpaired) electrons. The van der Waals surface area contributed by atoms with Gasteiger partial charge in [-0.2, -0.15) is 5.10 Å². The fraction of sp³-hybridized carbons (Fsp3) is 0.429. The molecular weight excluding hydrogens is 280 g/mol. The third-order valence-corrected chi connectivity index (χ3v) is 3.58. The van der Waals surface area contributed by atoms with Crippen LogP contribution >= 0.6 is 0 Å². The number of morpholine rings is 1. The van der Waals surface area contributed by atoms with Gasteiger partial charge in [-0.3, -0.25) is 4.79 Å². The van der Waals surface area contributed by atoms with Crippen molar-refractivity contribution >= 4 is 17.3 Å². The molecule has 1 saturated heterocycles. The molecule has 0 atom stereocenters. The maximum atomic E-state index is 14.3. The largest absolute Gasteiger partial charge is 0.378 e. The van der Waals surface area contributed by atoms with E-state index in [1.165, 1.54) is 12.1 Å². The van der Waals surface area contributed by atoms with Gasteiger partial charge < -0.3 is 9.64 Å². The number of nitrogens with one attached hydrogen (secondary N) is 1. The zero-order valence-corrected chi connectivity index (χ0v) is 11.4. The Labute approximate surface area is 120 Å². The molecule has 1 N–H and O–H groups in total. The molecule has 112 valence electrons. The van der Waals surface area contributed by atoms with E-state index in [9.17, 15) is 13.6 Å². The third kappa shape index (κ3) is 2.87. The minimum atomic E-state index is -0.619. The van der Waals surface area contributed by atoms with E-state index in [0.29, 0.717) is 44.0 Å². The molecule has 1 fully saturated rings. The van der Waals surface area contributed by atoms with Crippen molar-refractivity contribution in [1.29, 1.82) is 0 Å². The van der Waals surface area contributed by atoms with Crippen molar-refractivity contribution in [2.75, 3.05) is 31.2 Å². The maximum Gasteiger partial charge on any atom is 0.240 e. The first kappa shape index (κ1) is 13.9. The number of ether oxygens (including phenoxy) is 1. The Morgan fingerprint density at radius 3 is 2.38 bits per heavy atom. The second-order valence-corrected chi connectivity index (χ2v) is 4.98. The molecule has 0 aromatic heterocycles. The SMILES string of the molecule is O=C1CCC(c2cc(F)c(N3CCOCC3)c(F)c2)=NN1. The van der Waals surface area contributed by atoms with Crippen LogP contribution in [0, 0.1) is 11.6 Å². The second-order valence-electron chi connectivity index (χ2n) is 4.98. The van der Waals surface area contributed by atoms with Crippen molar-refractivity contribution in [3.63, 3.8) is 0 Å². The highest BCUT2D eigenvalue weighted by Crippen LogP contribution is 2.27. The van der Waals surface area contributed by atoms with Crippen molar-refractivity contribution < 1.29 is 18.3 Å². The predicted molar refractivity (Wildman–Crippen MR) is 73.3 cm³/mol. The standard InChI is InChI=1S/C14H15F2N3O2/c15-10-7-9(12-1-2-13(20)18-17-12)8-11(16)14(10)19-3-5-21-6-4-19/h7-8H,1-6H2,(H,18,20). The lowest BCUT2D eigenvalue weighted by Gasteiger charge is -2.29. The monoisotopic (exact) mass is 295 g/mol. The summed E-state index contributed by atoms with van der Waals surface area (Å²) in [6.07, 6.45) is 0.648.